The van der Waals surface area contributed by atoms with Crippen molar-refractivity contribution in [1.29, 1.82) is 0 Å². The molecular weight excluding hydrogens is 241 g/mol. The molecular formula is C15H26FN3. The molecule has 0 aromatic heterocycles. The molecule has 0 amide bonds. The average Bonchev–Trinajstić information content (AvgIpc) is 2.38. The van der Waals surface area contributed by atoms with Gasteiger partial charge >= 0.3 is 0 Å². The van der Waals surface area contributed by atoms with Crippen LogP contribution in [-0.4, -0.2) is 45.7 Å². The Hall–Kier alpha value is -1.13. The van der Waals surface area contributed by atoms with E-state index in [4.69, 9.17) is 0 Å². The SMILES string of the molecule is CCCNCc1c(F)cccc1N(C)CCN(C)C. The Kier molecular flexibility index (Phi) is 6.81. The summed E-state index contributed by atoms with van der Waals surface area (Å²) in [5, 5.41) is 3.28. The van der Waals surface area contributed by atoms with Crippen LogP contribution >= 0.6 is 0 Å². The number of hydrogen-bond donors (Lipinski definition) is 1. The number of nitrogens with zero attached hydrogens (tertiary/aromatic N) is 2. The van der Waals surface area contributed by atoms with E-state index in [1.165, 1.54) is 6.07 Å². The van der Waals surface area contributed by atoms with Crippen LogP contribution in [0.5, 0.6) is 0 Å². The van der Waals surface area contributed by atoms with Crippen LogP contribution in [0.3, 0.4) is 0 Å². The summed E-state index contributed by atoms with van der Waals surface area (Å²) in [6, 6.07) is 5.30. The van der Waals surface area contributed by atoms with Crippen molar-refractivity contribution in [2.24, 2.45) is 0 Å². The van der Waals surface area contributed by atoms with Crippen molar-refractivity contribution in [2.75, 3.05) is 45.7 Å². The van der Waals surface area contributed by atoms with Crippen LogP contribution in [0.25, 0.3) is 0 Å². The fourth-order valence-corrected chi connectivity index (χ4v) is 1.94. The average molecular weight is 267 g/mol. The summed E-state index contributed by atoms with van der Waals surface area (Å²) >= 11 is 0. The van der Waals surface area contributed by atoms with Crippen LogP contribution in [0.15, 0.2) is 18.2 Å². The molecule has 0 spiro atoms. The van der Waals surface area contributed by atoms with Crippen LogP contribution in [-0.2, 0) is 6.54 Å². The molecule has 0 radical (unpaired) electrons. The molecule has 0 saturated carbocycles. The quantitative estimate of drug-likeness (QED) is 0.729. The van der Waals surface area contributed by atoms with E-state index >= 15 is 0 Å². The first-order valence-electron chi connectivity index (χ1n) is 6.90. The van der Waals surface area contributed by atoms with Gasteiger partial charge in [0.2, 0.25) is 0 Å². The molecule has 0 atom stereocenters. The third-order valence-corrected chi connectivity index (χ3v) is 3.12. The van der Waals surface area contributed by atoms with Crippen LogP contribution in [0.2, 0.25) is 0 Å². The van der Waals surface area contributed by atoms with Gasteiger partial charge in [0, 0.05) is 37.9 Å². The fraction of sp³-hybridized carbons (Fsp3) is 0.600. The van der Waals surface area contributed by atoms with Gasteiger partial charge in [-0.1, -0.05) is 13.0 Å². The van der Waals surface area contributed by atoms with Gasteiger partial charge in [0.15, 0.2) is 0 Å². The second-order valence-corrected chi connectivity index (χ2v) is 5.14. The first kappa shape index (κ1) is 15.9. The molecule has 19 heavy (non-hydrogen) atoms. The van der Waals surface area contributed by atoms with Gasteiger partial charge in [-0.25, -0.2) is 4.39 Å². The lowest BCUT2D eigenvalue weighted by atomic mass is 10.1. The van der Waals surface area contributed by atoms with Crippen molar-refractivity contribution < 1.29 is 4.39 Å². The van der Waals surface area contributed by atoms with E-state index in [-0.39, 0.29) is 5.82 Å². The smallest absolute Gasteiger partial charge is 0.129 e. The lowest BCUT2D eigenvalue weighted by Gasteiger charge is -2.24. The lowest BCUT2D eigenvalue weighted by Crippen LogP contribution is -2.30. The van der Waals surface area contributed by atoms with E-state index in [2.05, 4.69) is 22.0 Å². The molecule has 0 fully saturated rings. The van der Waals surface area contributed by atoms with E-state index < -0.39 is 0 Å². The lowest BCUT2D eigenvalue weighted by molar-refractivity contribution is 0.416. The standard InChI is InChI=1S/C15H26FN3/c1-5-9-17-12-13-14(16)7-6-8-15(13)19(4)11-10-18(2)3/h6-8,17H,5,9-12H2,1-4H3. The molecule has 0 bridgehead atoms. The zero-order chi connectivity index (χ0) is 14.3. The van der Waals surface area contributed by atoms with Gasteiger partial charge in [-0.15, -0.1) is 0 Å². The van der Waals surface area contributed by atoms with Crippen molar-refractivity contribution in [2.45, 2.75) is 19.9 Å². The monoisotopic (exact) mass is 267 g/mol. The third kappa shape index (κ3) is 5.17. The maximum atomic E-state index is 14.0. The van der Waals surface area contributed by atoms with E-state index in [0.717, 1.165) is 37.3 Å². The first-order valence-corrected chi connectivity index (χ1v) is 6.90. The van der Waals surface area contributed by atoms with Crippen molar-refractivity contribution in [3.05, 3.63) is 29.6 Å². The summed E-state index contributed by atoms with van der Waals surface area (Å²) in [5.41, 5.74) is 1.74. The van der Waals surface area contributed by atoms with Gasteiger partial charge in [-0.3, -0.25) is 0 Å². The summed E-state index contributed by atoms with van der Waals surface area (Å²) in [4.78, 5) is 4.25. The molecule has 0 aliphatic carbocycles. The number of rotatable bonds is 8. The highest BCUT2D eigenvalue weighted by Gasteiger charge is 2.11. The fourth-order valence-electron chi connectivity index (χ4n) is 1.94. The Balaban J connectivity index is 2.77. The van der Waals surface area contributed by atoms with Gasteiger partial charge in [0.25, 0.3) is 0 Å². The molecule has 1 N–H and O–H groups in total. The Morgan fingerprint density at radius 1 is 1.16 bits per heavy atom. The number of likely N-dealkylation sites (N-methyl/N-ethyl adjacent to an activating group) is 2. The largest absolute Gasteiger partial charge is 0.373 e. The number of halogens is 1. The molecule has 1 rings (SSSR count). The van der Waals surface area contributed by atoms with Gasteiger partial charge in [0.1, 0.15) is 5.82 Å². The molecule has 0 aliphatic heterocycles. The first-order chi connectivity index (χ1) is 9.06. The van der Waals surface area contributed by atoms with E-state index in [1.807, 2.05) is 27.2 Å². The Bertz CT molecular complexity index is 380. The molecule has 0 saturated heterocycles. The highest BCUT2D eigenvalue weighted by molar-refractivity contribution is 5.53. The summed E-state index contributed by atoms with van der Waals surface area (Å²) in [6.07, 6.45) is 1.06. The second-order valence-electron chi connectivity index (χ2n) is 5.14. The normalized spacial score (nSPS) is 11.1. The topological polar surface area (TPSA) is 18.5 Å². The molecule has 0 unspecified atom stereocenters. The van der Waals surface area contributed by atoms with E-state index in [9.17, 15) is 4.39 Å². The molecule has 0 aliphatic rings. The van der Waals surface area contributed by atoms with Crippen molar-refractivity contribution in [3.8, 4) is 0 Å². The highest BCUT2D eigenvalue weighted by Crippen LogP contribution is 2.22. The van der Waals surface area contributed by atoms with Crippen LogP contribution < -0.4 is 10.2 Å². The third-order valence-electron chi connectivity index (χ3n) is 3.12. The summed E-state index contributed by atoms with van der Waals surface area (Å²) in [7, 11) is 6.11. The van der Waals surface area contributed by atoms with Crippen molar-refractivity contribution in [3.63, 3.8) is 0 Å². The zero-order valence-electron chi connectivity index (χ0n) is 12.5. The van der Waals surface area contributed by atoms with Gasteiger partial charge < -0.3 is 15.1 Å². The maximum Gasteiger partial charge on any atom is 0.129 e. The minimum Gasteiger partial charge on any atom is -0.373 e. The molecule has 1 aromatic rings. The highest BCUT2D eigenvalue weighted by atomic mass is 19.1. The minimum atomic E-state index is -0.127. The molecule has 108 valence electrons. The van der Waals surface area contributed by atoms with Gasteiger partial charge in [-0.2, -0.15) is 0 Å². The van der Waals surface area contributed by atoms with Crippen molar-refractivity contribution in [1.82, 2.24) is 10.2 Å². The van der Waals surface area contributed by atoms with Gasteiger partial charge in [0.05, 0.1) is 0 Å². The second kappa shape index (κ2) is 8.12. The Morgan fingerprint density at radius 2 is 1.89 bits per heavy atom. The van der Waals surface area contributed by atoms with Crippen LogP contribution in [0.1, 0.15) is 18.9 Å². The Labute approximate surface area is 116 Å². The predicted octanol–water partition coefficient (Wildman–Crippen LogP) is 2.32. The summed E-state index contributed by atoms with van der Waals surface area (Å²) in [5.74, 6) is -0.127. The maximum absolute atomic E-state index is 14.0. The molecule has 1 aromatic carbocycles. The Morgan fingerprint density at radius 3 is 2.53 bits per heavy atom. The number of anilines is 1. The van der Waals surface area contributed by atoms with Crippen molar-refractivity contribution >= 4 is 5.69 Å². The summed E-state index contributed by atoms with van der Waals surface area (Å²) < 4.78 is 14.0. The van der Waals surface area contributed by atoms with Gasteiger partial charge in [-0.05, 0) is 39.2 Å². The number of nitrogens with one attached hydrogen (secondary N) is 1. The molecule has 4 heteroatoms. The minimum absolute atomic E-state index is 0.127. The van der Waals surface area contributed by atoms with Crippen LogP contribution in [0.4, 0.5) is 10.1 Å². The zero-order valence-corrected chi connectivity index (χ0v) is 12.5. The predicted molar refractivity (Wildman–Crippen MR) is 80.2 cm³/mol. The summed E-state index contributed by atoms with van der Waals surface area (Å²) in [6.45, 7) is 5.45. The van der Waals surface area contributed by atoms with Crippen LogP contribution in [0, 0.1) is 5.82 Å². The number of benzene rings is 1. The number of hydrogen-bond acceptors (Lipinski definition) is 3. The van der Waals surface area contributed by atoms with E-state index in [1.54, 1.807) is 6.07 Å². The molecule has 0 heterocycles. The molecule has 3 nitrogen and oxygen atoms in total. The van der Waals surface area contributed by atoms with E-state index in [0.29, 0.717) is 6.54 Å².